The Morgan fingerprint density at radius 3 is 2.93 bits per heavy atom. The molecule has 0 fully saturated rings. The van der Waals surface area contributed by atoms with Crippen LogP contribution in [0.3, 0.4) is 0 Å². The van der Waals surface area contributed by atoms with Crippen LogP contribution in [-0.4, -0.2) is 10.0 Å². The van der Waals surface area contributed by atoms with E-state index in [-0.39, 0.29) is 11.4 Å². The van der Waals surface area contributed by atoms with Gasteiger partial charge in [-0.1, -0.05) is 0 Å². The second-order valence-electron chi connectivity index (χ2n) is 2.75. The van der Waals surface area contributed by atoms with Crippen LogP contribution in [0.5, 0.6) is 5.75 Å². The van der Waals surface area contributed by atoms with E-state index in [0.29, 0.717) is 10.1 Å². The molecule has 1 heterocycles. The van der Waals surface area contributed by atoms with Crippen molar-refractivity contribution in [3.8, 4) is 5.75 Å². The number of thiophene rings is 1. The first kappa shape index (κ1) is 8.76. The van der Waals surface area contributed by atoms with Crippen molar-refractivity contribution in [1.82, 2.24) is 0 Å². The molecule has 1 aromatic heterocycles. The molecule has 2 rings (SSSR count). The van der Waals surface area contributed by atoms with Crippen LogP contribution in [0.4, 0.5) is 11.4 Å². The van der Waals surface area contributed by atoms with Crippen molar-refractivity contribution in [2.45, 2.75) is 0 Å². The predicted molar refractivity (Wildman–Crippen MR) is 54.6 cm³/mol. The van der Waals surface area contributed by atoms with Gasteiger partial charge >= 0.3 is 5.69 Å². The number of phenolic OH excluding ortho intramolecular Hbond substituents is 1. The largest absolute Gasteiger partial charge is 0.501 e. The minimum atomic E-state index is -0.624. The molecule has 0 aliphatic heterocycles. The van der Waals surface area contributed by atoms with E-state index in [1.165, 1.54) is 17.4 Å². The maximum atomic E-state index is 10.7. The normalized spacial score (nSPS) is 10.6. The fraction of sp³-hybridized carbons (Fsp3) is 0. The number of rotatable bonds is 1. The zero-order valence-corrected chi connectivity index (χ0v) is 7.75. The lowest BCUT2D eigenvalue weighted by atomic mass is 10.2. The van der Waals surface area contributed by atoms with Gasteiger partial charge in [-0.3, -0.25) is 10.1 Å². The SMILES string of the molecule is Nc1cc2sccc2c([N+](=O)[O-])c1O. The Hall–Kier alpha value is -1.82. The first-order valence-corrected chi connectivity index (χ1v) is 4.62. The quantitative estimate of drug-likeness (QED) is 0.326. The van der Waals surface area contributed by atoms with Gasteiger partial charge in [-0.2, -0.15) is 0 Å². The lowest BCUT2D eigenvalue weighted by Crippen LogP contribution is -1.93. The number of nitro groups is 1. The number of anilines is 1. The number of nitrogens with two attached hydrogens (primary N) is 1. The molecule has 14 heavy (non-hydrogen) atoms. The van der Waals surface area contributed by atoms with Crippen molar-refractivity contribution in [2.75, 3.05) is 5.73 Å². The summed E-state index contributed by atoms with van der Waals surface area (Å²) in [4.78, 5) is 10.1. The van der Waals surface area contributed by atoms with Crippen molar-refractivity contribution in [2.24, 2.45) is 0 Å². The van der Waals surface area contributed by atoms with Gasteiger partial charge in [0.2, 0.25) is 5.75 Å². The van der Waals surface area contributed by atoms with Crippen molar-refractivity contribution >= 4 is 32.8 Å². The van der Waals surface area contributed by atoms with Gasteiger partial charge in [-0.15, -0.1) is 11.3 Å². The van der Waals surface area contributed by atoms with Crippen LogP contribution in [0.2, 0.25) is 0 Å². The van der Waals surface area contributed by atoms with Crippen LogP contribution in [0.25, 0.3) is 10.1 Å². The van der Waals surface area contributed by atoms with E-state index in [1.807, 2.05) is 0 Å². The highest BCUT2D eigenvalue weighted by atomic mass is 32.1. The number of nitrogens with zero attached hydrogens (tertiary/aromatic N) is 1. The minimum Gasteiger partial charge on any atom is -0.501 e. The molecule has 2 aromatic rings. The second-order valence-corrected chi connectivity index (χ2v) is 3.70. The van der Waals surface area contributed by atoms with E-state index in [0.717, 1.165) is 0 Å². The van der Waals surface area contributed by atoms with Gasteiger partial charge < -0.3 is 10.8 Å². The molecule has 0 atom stereocenters. The number of hydrogen-bond acceptors (Lipinski definition) is 5. The number of fused-ring (bicyclic) bond motifs is 1. The molecular weight excluding hydrogens is 204 g/mol. The summed E-state index contributed by atoms with van der Waals surface area (Å²) >= 11 is 1.35. The maximum absolute atomic E-state index is 10.7. The molecule has 0 aliphatic rings. The number of nitro benzene ring substituents is 1. The molecule has 5 nitrogen and oxygen atoms in total. The van der Waals surface area contributed by atoms with E-state index in [4.69, 9.17) is 5.73 Å². The fourth-order valence-corrected chi connectivity index (χ4v) is 2.12. The third kappa shape index (κ3) is 1.08. The maximum Gasteiger partial charge on any atom is 0.321 e. The number of hydrogen-bond donors (Lipinski definition) is 2. The third-order valence-electron chi connectivity index (χ3n) is 1.92. The summed E-state index contributed by atoms with van der Waals surface area (Å²) in [7, 11) is 0. The molecule has 3 N–H and O–H groups in total. The summed E-state index contributed by atoms with van der Waals surface area (Å²) < 4.78 is 0.701. The number of phenols is 1. The van der Waals surface area contributed by atoms with Gasteiger partial charge in [-0.25, -0.2) is 0 Å². The number of aromatic hydroxyl groups is 1. The molecule has 0 saturated carbocycles. The lowest BCUT2D eigenvalue weighted by molar-refractivity contribution is -0.384. The van der Waals surface area contributed by atoms with Crippen molar-refractivity contribution in [3.05, 3.63) is 27.6 Å². The van der Waals surface area contributed by atoms with Gasteiger partial charge in [0.1, 0.15) is 0 Å². The monoisotopic (exact) mass is 210 g/mol. The Morgan fingerprint density at radius 1 is 1.57 bits per heavy atom. The zero-order valence-electron chi connectivity index (χ0n) is 6.93. The van der Waals surface area contributed by atoms with Crippen LogP contribution in [0.15, 0.2) is 17.5 Å². The third-order valence-corrected chi connectivity index (χ3v) is 2.78. The standard InChI is InChI=1S/C8H6N2O3S/c9-5-3-6-4(1-2-14-6)7(8(5)11)10(12)13/h1-3,11H,9H2. The first-order chi connectivity index (χ1) is 6.61. The fourth-order valence-electron chi connectivity index (χ4n) is 1.29. The van der Waals surface area contributed by atoms with Gasteiger partial charge in [0.25, 0.3) is 0 Å². The van der Waals surface area contributed by atoms with E-state index in [2.05, 4.69) is 0 Å². The minimum absolute atomic E-state index is 0.0339. The second kappa shape index (κ2) is 2.85. The molecule has 6 heteroatoms. The first-order valence-electron chi connectivity index (χ1n) is 3.74. The summed E-state index contributed by atoms with van der Waals surface area (Å²) in [5.41, 5.74) is 5.15. The van der Waals surface area contributed by atoms with Gasteiger partial charge in [-0.05, 0) is 17.5 Å². The molecule has 0 aliphatic carbocycles. The summed E-state index contributed by atoms with van der Waals surface area (Å²) in [6.45, 7) is 0. The van der Waals surface area contributed by atoms with Gasteiger partial charge in [0.15, 0.2) is 0 Å². The molecule has 0 saturated heterocycles. The van der Waals surface area contributed by atoms with Crippen LogP contribution in [0, 0.1) is 10.1 Å². The van der Waals surface area contributed by atoms with E-state index >= 15 is 0 Å². The van der Waals surface area contributed by atoms with E-state index in [1.54, 1.807) is 11.4 Å². The Labute approximate surface area is 82.5 Å². The average Bonchev–Trinajstić information content (AvgIpc) is 2.52. The van der Waals surface area contributed by atoms with Crippen LogP contribution in [0.1, 0.15) is 0 Å². The van der Waals surface area contributed by atoms with Crippen molar-refractivity contribution < 1.29 is 10.0 Å². The predicted octanol–water partition coefficient (Wildman–Crippen LogP) is 2.10. The molecule has 0 radical (unpaired) electrons. The van der Waals surface area contributed by atoms with Crippen molar-refractivity contribution in [3.63, 3.8) is 0 Å². The summed E-state index contributed by atoms with van der Waals surface area (Å²) in [6.07, 6.45) is 0. The summed E-state index contributed by atoms with van der Waals surface area (Å²) in [5, 5.41) is 22.2. The molecule has 72 valence electrons. The molecular formula is C8H6N2O3S. The number of nitrogen functional groups attached to an aromatic ring is 1. The summed E-state index contributed by atoms with van der Waals surface area (Å²) in [5.74, 6) is -0.457. The average molecular weight is 210 g/mol. The molecule has 0 amide bonds. The number of benzene rings is 1. The highest BCUT2D eigenvalue weighted by Gasteiger charge is 2.21. The van der Waals surface area contributed by atoms with Gasteiger partial charge in [0, 0.05) is 4.70 Å². The Morgan fingerprint density at radius 2 is 2.29 bits per heavy atom. The smallest absolute Gasteiger partial charge is 0.321 e. The molecule has 1 aromatic carbocycles. The highest BCUT2D eigenvalue weighted by molar-refractivity contribution is 7.17. The summed E-state index contributed by atoms with van der Waals surface area (Å²) in [6, 6.07) is 3.12. The van der Waals surface area contributed by atoms with Crippen LogP contribution in [-0.2, 0) is 0 Å². The Bertz CT molecular complexity index is 521. The Kier molecular flexibility index (Phi) is 1.78. The van der Waals surface area contributed by atoms with E-state index < -0.39 is 10.7 Å². The molecule has 0 unspecified atom stereocenters. The van der Waals surface area contributed by atoms with E-state index in [9.17, 15) is 15.2 Å². The topological polar surface area (TPSA) is 89.4 Å². The molecule has 0 bridgehead atoms. The Balaban J connectivity index is 2.93. The van der Waals surface area contributed by atoms with Crippen molar-refractivity contribution in [1.29, 1.82) is 0 Å². The van der Waals surface area contributed by atoms with Crippen LogP contribution < -0.4 is 5.73 Å². The van der Waals surface area contributed by atoms with Gasteiger partial charge in [0.05, 0.1) is 16.0 Å². The highest BCUT2D eigenvalue weighted by Crippen LogP contribution is 2.41. The zero-order chi connectivity index (χ0) is 10.3. The lowest BCUT2D eigenvalue weighted by Gasteiger charge is -2.00. The van der Waals surface area contributed by atoms with Crippen LogP contribution >= 0.6 is 11.3 Å². The molecule has 0 spiro atoms.